The number of hydrogen-bond donors (Lipinski definition) is 2. The van der Waals surface area contributed by atoms with E-state index < -0.39 is 10.0 Å². The molecule has 0 spiro atoms. The third kappa shape index (κ3) is 4.30. The number of sulfonamides is 1. The zero-order valence-corrected chi connectivity index (χ0v) is 12.9. The molecule has 1 aliphatic rings. The molecule has 0 heterocycles. The second kappa shape index (κ2) is 7.20. The predicted molar refractivity (Wildman–Crippen MR) is 81.0 cm³/mol. The van der Waals surface area contributed by atoms with Crippen molar-refractivity contribution in [3.05, 3.63) is 29.8 Å². The highest BCUT2D eigenvalue weighted by atomic mass is 32.2. The van der Waals surface area contributed by atoms with Crippen molar-refractivity contribution in [2.75, 3.05) is 13.1 Å². The van der Waals surface area contributed by atoms with Gasteiger partial charge in [0.25, 0.3) is 0 Å². The Morgan fingerprint density at radius 3 is 2.40 bits per heavy atom. The molecule has 0 radical (unpaired) electrons. The highest BCUT2D eigenvalue weighted by molar-refractivity contribution is 7.89. The molecule has 0 saturated heterocycles. The normalized spacial score (nSPS) is 16.6. The zero-order chi connectivity index (χ0) is 14.4. The molecular weight excluding hydrogens is 272 g/mol. The molecule has 20 heavy (non-hydrogen) atoms. The number of benzene rings is 1. The predicted octanol–water partition coefficient (Wildman–Crippen LogP) is 2.26. The van der Waals surface area contributed by atoms with Crippen LogP contribution in [0.2, 0.25) is 0 Å². The summed E-state index contributed by atoms with van der Waals surface area (Å²) in [6, 6.07) is 7.10. The monoisotopic (exact) mass is 296 g/mol. The van der Waals surface area contributed by atoms with Gasteiger partial charge in [-0.25, -0.2) is 13.1 Å². The van der Waals surface area contributed by atoms with Gasteiger partial charge in [-0.1, -0.05) is 31.9 Å². The van der Waals surface area contributed by atoms with E-state index in [-0.39, 0.29) is 0 Å². The zero-order valence-electron chi connectivity index (χ0n) is 12.1. The summed E-state index contributed by atoms with van der Waals surface area (Å²) in [6.45, 7) is 4.29. The van der Waals surface area contributed by atoms with E-state index in [9.17, 15) is 8.42 Å². The lowest BCUT2D eigenvalue weighted by Crippen LogP contribution is -2.28. The van der Waals surface area contributed by atoms with E-state index in [1.165, 1.54) is 12.8 Å². The molecule has 0 amide bonds. The van der Waals surface area contributed by atoms with Crippen LogP contribution in [0.3, 0.4) is 0 Å². The molecular formula is C15H24N2O2S. The summed E-state index contributed by atoms with van der Waals surface area (Å²) in [4.78, 5) is 0.357. The second-order valence-electron chi connectivity index (χ2n) is 5.43. The van der Waals surface area contributed by atoms with E-state index in [1.807, 2.05) is 19.1 Å². The molecule has 4 nitrogen and oxygen atoms in total. The van der Waals surface area contributed by atoms with E-state index >= 15 is 0 Å². The molecule has 0 atom stereocenters. The number of nitrogens with one attached hydrogen (secondary N) is 2. The summed E-state index contributed by atoms with van der Waals surface area (Å²) in [6.07, 6.45) is 4.74. The van der Waals surface area contributed by atoms with Crippen LogP contribution in [0.4, 0.5) is 0 Å². The van der Waals surface area contributed by atoms with Crippen LogP contribution in [0.15, 0.2) is 29.2 Å². The Hall–Kier alpha value is -0.910. The van der Waals surface area contributed by atoms with Gasteiger partial charge in [0.1, 0.15) is 0 Å². The van der Waals surface area contributed by atoms with Crippen molar-refractivity contribution < 1.29 is 8.42 Å². The fourth-order valence-electron chi connectivity index (χ4n) is 2.58. The van der Waals surface area contributed by atoms with E-state index in [0.717, 1.165) is 31.5 Å². The highest BCUT2D eigenvalue weighted by Crippen LogP contribution is 2.24. The Bertz CT molecular complexity index is 505. The van der Waals surface area contributed by atoms with Crippen LogP contribution in [-0.4, -0.2) is 21.5 Å². The molecule has 112 valence electrons. The molecule has 1 aromatic rings. The summed E-state index contributed by atoms with van der Waals surface area (Å²) in [5.74, 6) is 0.512. The molecule has 1 aromatic carbocycles. The molecule has 0 bridgehead atoms. The van der Waals surface area contributed by atoms with Gasteiger partial charge < -0.3 is 5.32 Å². The van der Waals surface area contributed by atoms with Crippen LogP contribution >= 0.6 is 0 Å². The lowest BCUT2D eigenvalue weighted by atomic mass is 10.1. The van der Waals surface area contributed by atoms with Gasteiger partial charge in [0.05, 0.1) is 4.90 Å². The quantitative estimate of drug-likeness (QED) is 0.811. The molecule has 0 unspecified atom stereocenters. The van der Waals surface area contributed by atoms with Crippen LogP contribution in [0.5, 0.6) is 0 Å². The van der Waals surface area contributed by atoms with Crippen LogP contribution in [0.1, 0.15) is 38.2 Å². The van der Waals surface area contributed by atoms with Gasteiger partial charge in [0.2, 0.25) is 10.0 Å². The Morgan fingerprint density at radius 1 is 1.15 bits per heavy atom. The van der Waals surface area contributed by atoms with Crippen LogP contribution in [-0.2, 0) is 16.6 Å². The van der Waals surface area contributed by atoms with Gasteiger partial charge in [-0.3, -0.25) is 0 Å². The first-order chi connectivity index (χ1) is 9.62. The maximum atomic E-state index is 12.2. The smallest absolute Gasteiger partial charge is 0.240 e. The van der Waals surface area contributed by atoms with Crippen LogP contribution in [0, 0.1) is 5.92 Å². The molecule has 2 N–H and O–H groups in total. The van der Waals surface area contributed by atoms with Gasteiger partial charge in [0, 0.05) is 13.1 Å². The average Bonchev–Trinajstić information content (AvgIpc) is 2.97. The van der Waals surface area contributed by atoms with Crippen molar-refractivity contribution in [3.63, 3.8) is 0 Å². The molecule has 2 rings (SSSR count). The van der Waals surface area contributed by atoms with E-state index in [4.69, 9.17) is 0 Å². The average molecular weight is 296 g/mol. The summed E-state index contributed by atoms with van der Waals surface area (Å²) in [7, 11) is -3.36. The summed E-state index contributed by atoms with van der Waals surface area (Å²) < 4.78 is 27.1. The van der Waals surface area contributed by atoms with Crippen molar-refractivity contribution >= 4 is 10.0 Å². The van der Waals surface area contributed by atoms with E-state index in [0.29, 0.717) is 17.4 Å². The van der Waals surface area contributed by atoms with Gasteiger partial charge in [-0.15, -0.1) is 0 Å². The minimum absolute atomic E-state index is 0.357. The van der Waals surface area contributed by atoms with Crippen LogP contribution < -0.4 is 10.0 Å². The number of rotatable bonds is 7. The largest absolute Gasteiger partial charge is 0.313 e. The summed E-state index contributed by atoms with van der Waals surface area (Å²) in [5, 5.41) is 3.22. The maximum Gasteiger partial charge on any atom is 0.240 e. The molecule has 5 heteroatoms. The SMILES string of the molecule is CCNCc1ccc(S(=O)(=O)NCC2CCCC2)cc1. The minimum Gasteiger partial charge on any atom is -0.313 e. The fraction of sp³-hybridized carbons (Fsp3) is 0.600. The van der Waals surface area contributed by atoms with E-state index in [1.54, 1.807) is 12.1 Å². The Balaban J connectivity index is 1.94. The van der Waals surface area contributed by atoms with Crippen molar-refractivity contribution in [1.29, 1.82) is 0 Å². The minimum atomic E-state index is -3.36. The van der Waals surface area contributed by atoms with Gasteiger partial charge in [0.15, 0.2) is 0 Å². The van der Waals surface area contributed by atoms with Crippen molar-refractivity contribution in [1.82, 2.24) is 10.0 Å². The van der Waals surface area contributed by atoms with Crippen molar-refractivity contribution in [2.24, 2.45) is 5.92 Å². The summed E-state index contributed by atoms with van der Waals surface area (Å²) in [5.41, 5.74) is 1.10. The second-order valence-corrected chi connectivity index (χ2v) is 7.19. The first-order valence-electron chi connectivity index (χ1n) is 7.41. The standard InChI is InChI=1S/C15H24N2O2S/c1-2-16-11-14-7-9-15(10-8-14)20(18,19)17-12-13-5-3-4-6-13/h7-10,13,16-17H,2-6,11-12H2,1H3. The molecule has 1 fully saturated rings. The summed E-state index contributed by atoms with van der Waals surface area (Å²) >= 11 is 0. The molecule has 0 aliphatic heterocycles. The topological polar surface area (TPSA) is 58.2 Å². The first kappa shape index (κ1) is 15.5. The fourth-order valence-corrected chi connectivity index (χ4v) is 3.70. The Labute approximate surface area is 122 Å². The molecule has 0 aromatic heterocycles. The lowest BCUT2D eigenvalue weighted by molar-refractivity contribution is 0.519. The van der Waals surface area contributed by atoms with Gasteiger partial charge in [-0.05, 0) is 43.0 Å². The third-order valence-corrected chi connectivity index (χ3v) is 5.29. The van der Waals surface area contributed by atoms with Crippen molar-refractivity contribution in [3.8, 4) is 0 Å². The van der Waals surface area contributed by atoms with E-state index in [2.05, 4.69) is 10.0 Å². The first-order valence-corrected chi connectivity index (χ1v) is 8.89. The lowest BCUT2D eigenvalue weighted by Gasteiger charge is -2.11. The Kier molecular flexibility index (Phi) is 5.57. The van der Waals surface area contributed by atoms with Crippen LogP contribution in [0.25, 0.3) is 0 Å². The van der Waals surface area contributed by atoms with Gasteiger partial charge in [-0.2, -0.15) is 0 Å². The van der Waals surface area contributed by atoms with Crippen molar-refractivity contribution in [2.45, 2.75) is 44.0 Å². The highest BCUT2D eigenvalue weighted by Gasteiger charge is 2.19. The van der Waals surface area contributed by atoms with Gasteiger partial charge >= 0.3 is 0 Å². The Morgan fingerprint density at radius 2 is 1.80 bits per heavy atom. The molecule has 1 saturated carbocycles. The third-order valence-electron chi connectivity index (χ3n) is 3.85. The maximum absolute atomic E-state index is 12.2. The molecule has 1 aliphatic carbocycles. The number of hydrogen-bond acceptors (Lipinski definition) is 3.